The molecule has 0 saturated carbocycles. The van der Waals surface area contributed by atoms with Crippen molar-refractivity contribution in [3.05, 3.63) is 41.5 Å². The summed E-state index contributed by atoms with van der Waals surface area (Å²) in [4.78, 5) is 28.2. The third-order valence-electron chi connectivity index (χ3n) is 7.44. The number of carboxylic acid groups (broad SMARTS) is 1. The molecule has 5 nitrogen and oxygen atoms in total. The summed E-state index contributed by atoms with van der Waals surface area (Å²) in [5.41, 5.74) is 4.76. The Morgan fingerprint density at radius 3 is 1.85 bits per heavy atom. The molecule has 0 heterocycles. The zero-order valence-electron chi connectivity index (χ0n) is 25.6. The monoisotopic (exact) mass is 557 g/mol. The summed E-state index contributed by atoms with van der Waals surface area (Å²) in [6.45, 7) is 3.44. The minimum Gasteiger partial charge on any atom is -0.481 e. The quantitative estimate of drug-likeness (QED) is 0.0582. The van der Waals surface area contributed by atoms with E-state index in [1.807, 2.05) is 12.1 Å². The number of carboxylic acids is 1. The second-order valence-corrected chi connectivity index (χ2v) is 11.2. The number of nitrogens with one attached hydrogen (secondary N) is 1. The molecule has 1 aromatic carbocycles. The molecule has 0 saturated heterocycles. The van der Waals surface area contributed by atoms with Crippen LogP contribution in [0.1, 0.15) is 164 Å². The summed E-state index contributed by atoms with van der Waals surface area (Å²) in [7, 11) is 0. The van der Waals surface area contributed by atoms with Crippen molar-refractivity contribution in [3.8, 4) is 0 Å². The van der Waals surface area contributed by atoms with Gasteiger partial charge < -0.3 is 9.94 Å². The van der Waals surface area contributed by atoms with Gasteiger partial charge in [-0.3, -0.25) is 9.59 Å². The zero-order chi connectivity index (χ0) is 28.9. The van der Waals surface area contributed by atoms with Gasteiger partial charge in [0.25, 0.3) is 0 Å². The van der Waals surface area contributed by atoms with Crippen molar-refractivity contribution in [1.82, 2.24) is 5.48 Å². The van der Waals surface area contributed by atoms with Crippen molar-refractivity contribution in [1.29, 1.82) is 0 Å². The highest BCUT2D eigenvalue weighted by Gasteiger charge is 2.05. The van der Waals surface area contributed by atoms with Crippen molar-refractivity contribution in [2.45, 2.75) is 148 Å². The van der Waals surface area contributed by atoms with E-state index in [0.717, 1.165) is 37.7 Å². The first-order chi connectivity index (χ1) is 19.6. The number of carbonyl (C=O) groups is 2. The summed E-state index contributed by atoms with van der Waals surface area (Å²) < 4.78 is 0. The van der Waals surface area contributed by atoms with Gasteiger partial charge in [-0.2, -0.15) is 0 Å². The van der Waals surface area contributed by atoms with Crippen molar-refractivity contribution >= 4 is 17.8 Å². The molecule has 40 heavy (non-hydrogen) atoms. The molecule has 5 heteroatoms. The molecule has 0 aliphatic rings. The summed E-state index contributed by atoms with van der Waals surface area (Å²) in [5, 5.41) is 8.57. The van der Waals surface area contributed by atoms with Gasteiger partial charge in [-0.15, -0.1) is 0 Å². The lowest BCUT2D eigenvalue weighted by atomic mass is 10.0. The maximum Gasteiger partial charge on any atom is 0.303 e. The summed E-state index contributed by atoms with van der Waals surface area (Å²) in [5.74, 6) is -0.566. The lowest BCUT2D eigenvalue weighted by Gasteiger charge is -2.05. The first-order valence-corrected chi connectivity index (χ1v) is 16.5. The number of benzene rings is 1. The topological polar surface area (TPSA) is 75.6 Å². The molecule has 0 fully saturated rings. The lowest BCUT2D eigenvalue weighted by Crippen LogP contribution is -2.17. The van der Waals surface area contributed by atoms with E-state index >= 15 is 0 Å². The van der Waals surface area contributed by atoms with Crippen LogP contribution >= 0.6 is 0 Å². The maximum absolute atomic E-state index is 12.5. The van der Waals surface area contributed by atoms with Crippen LogP contribution in [-0.4, -0.2) is 30.0 Å². The number of carbonyl (C=O) groups excluding carboxylic acids is 1. The van der Waals surface area contributed by atoms with Crippen LogP contribution in [0.3, 0.4) is 0 Å². The molecule has 228 valence electrons. The van der Waals surface area contributed by atoms with Crippen molar-refractivity contribution in [2.24, 2.45) is 0 Å². The van der Waals surface area contributed by atoms with Crippen LogP contribution in [0.2, 0.25) is 0 Å². The van der Waals surface area contributed by atoms with Crippen molar-refractivity contribution < 1.29 is 19.5 Å². The number of hydroxylamine groups is 1. The highest BCUT2D eigenvalue weighted by Crippen LogP contribution is 2.15. The molecule has 0 aliphatic heterocycles. The highest BCUT2D eigenvalue weighted by atomic mass is 16.6. The summed E-state index contributed by atoms with van der Waals surface area (Å²) in [6.07, 6.45) is 30.3. The van der Waals surface area contributed by atoms with Crippen molar-refractivity contribution in [2.75, 3.05) is 13.2 Å². The molecular weight excluding hydrogens is 498 g/mol. The van der Waals surface area contributed by atoms with Crippen molar-refractivity contribution in [3.63, 3.8) is 0 Å². The Morgan fingerprint density at radius 1 is 0.700 bits per heavy atom. The van der Waals surface area contributed by atoms with Crippen LogP contribution in [0.25, 0.3) is 6.08 Å². The fraction of sp³-hybridized carbons (Fsp3) is 0.714. The van der Waals surface area contributed by atoms with Crippen LogP contribution in [0.5, 0.6) is 0 Å². The van der Waals surface area contributed by atoms with Crippen LogP contribution in [0.4, 0.5) is 0 Å². The predicted molar refractivity (Wildman–Crippen MR) is 169 cm³/mol. The van der Waals surface area contributed by atoms with Crippen LogP contribution < -0.4 is 5.48 Å². The molecular formula is C35H59NO4. The van der Waals surface area contributed by atoms with Crippen LogP contribution in [0, 0.1) is 0 Å². The number of aliphatic carboxylic acids is 1. The summed E-state index contributed by atoms with van der Waals surface area (Å²) in [6, 6.07) is 8.02. The number of rotatable bonds is 29. The average molecular weight is 558 g/mol. The van der Waals surface area contributed by atoms with Gasteiger partial charge in [0.05, 0.1) is 6.61 Å². The Labute approximate surface area is 245 Å². The number of hydrogen-bond donors (Lipinski definition) is 2. The molecule has 1 rings (SSSR count). The standard InChI is InChI=1S/C35H59NO4/c1-2-3-4-5-6-7-8-9-10-11-12-13-14-15-16-19-23-32-26-28-33(29-27-32)34(37)24-20-17-18-21-31-40-36-30-22-25-35(38)39/h19,23,26-29,36H,2-18,20-22,24-25,30-31H2,1H3,(H,38,39). The third-order valence-corrected chi connectivity index (χ3v) is 7.44. The van der Waals surface area contributed by atoms with Gasteiger partial charge in [-0.05, 0) is 37.7 Å². The normalized spacial score (nSPS) is 11.4. The van der Waals surface area contributed by atoms with Crippen LogP contribution in [-0.2, 0) is 9.63 Å². The van der Waals surface area contributed by atoms with E-state index in [9.17, 15) is 9.59 Å². The lowest BCUT2D eigenvalue weighted by molar-refractivity contribution is -0.137. The Bertz CT molecular complexity index is 759. The largest absolute Gasteiger partial charge is 0.481 e. The average Bonchev–Trinajstić information content (AvgIpc) is 2.95. The van der Waals surface area contributed by atoms with Gasteiger partial charge in [0.15, 0.2) is 5.78 Å². The third kappa shape index (κ3) is 22.8. The smallest absolute Gasteiger partial charge is 0.303 e. The number of ketones is 1. The minimum atomic E-state index is -0.783. The van der Waals surface area contributed by atoms with E-state index in [-0.39, 0.29) is 12.2 Å². The van der Waals surface area contributed by atoms with Gasteiger partial charge in [-0.25, -0.2) is 5.48 Å². The molecule has 0 amide bonds. The fourth-order valence-electron chi connectivity index (χ4n) is 4.87. The van der Waals surface area contributed by atoms with Gasteiger partial charge in [0.1, 0.15) is 0 Å². The molecule has 1 aromatic rings. The summed E-state index contributed by atoms with van der Waals surface area (Å²) >= 11 is 0. The molecule has 0 bridgehead atoms. The molecule has 0 spiro atoms. The van der Waals surface area contributed by atoms with Gasteiger partial charge in [0, 0.05) is 24.9 Å². The fourth-order valence-corrected chi connectivity index (χ4v) is 4.87. The number of hydrogen-bond acceptors (Lipinski definition) is 4. The molecule has 2 N–H and O–H groups in total. The SMILES string of the molecule is CCCCCCCCCCCCCCCCC=Cc1ccc(C(=O)CCCCCCONCCCC(=O)O)cc1. The van der Waals surface area contributed by atoms with E-state index in [1.54, 1.807) is 0 Å². The van der Waals surface area contributed by atoms with Gasteiger partial charge in [0.2, 0.25) is 0 Å². The Kier molecular flexibility index (Phi) is 24.5. The van der Waals surface area contributed by atoms with Crippen LogP contribution in [0.15, 0.2) is 30.3 Å². The Morgan fingerprint density at radius 2 is 1.25 bits per heavy atom. The predicted octanol–water partition coefficient (Wildman–Crippen LogP) is 10.1. The van der Waals surface area contributed by atoms with E-state index in [4.69, 9.17) is 9.94 Å². The molecule has 0 aromatic heterocycles. The first kappa shape index (κ1) is 36.0. The van der Waals surface area contributed by atoms with E-state index in [0.29, 0.717) is 26.0 Å². The second kappa shape index (κ2) is 27.2. The van der Waals surface area contributed by atoms with Gasteiger partial charge >= 0.3 is 5.97 Å². The number of Topliss-reactive ketones (excluding diaryl/α,β-unsaturated/α-hetero) is 1. The first-order valence-electron chi connectivity index (χ1n) is 16.5. The molecule has 0 unspecified atom stereocenters. The Hall–Kier alpha value is -1.98. The molecule has 0 radical (unpaired) electrons. The highest BCUT2D eigenvalue weighted by molar-refractivity contribution is 5.96. The van der Waals surface area contributed by atoms with Gasteiger partial charge in [-0.1, -0.05) is 140 Å². The zero-order valence-corrected chi connectivity index (χ0v) is 25.6. The molecule has 0 aliphatic carbocycles. The van der Waals surface area contributed by atoms with E-state index in [2.05, 4.69) is 36.7 Å². The van der Waals surface area contributed by atoms with E-state index in [1.165, 1.54) is 95.5 Å². The second-order valence-electron chi connectivity index (χ2n) is 11.2. The van der Waals surface area contributed by atoms with E-state index < -0.39 is 5.97 Å². The molecule has 0 atom stereocenters. The number of unbranched alkanes of at least 4 members (excludes halogenated alkanes) is 17. The number of allylic oxidation sites excluding steroid dienone is 1. The minimum absolute atomic E-state index is 0.156. The maximum atomic E-state index is 12.5. The Balaban J connectivity index is 1.95.